The molecule has 0 saturated heterocycles. The van der Waals surface area contributed by atoms with E-state index in [1.54, 1.807) is 0 Å². The Balaban J connectivity index is 0. The third-order valence-electron chi connectivity index (χ3n) is 1.12. The summed E-state index contributed by atoms with van der Waals surface area (Å²) in [6.07, 6.45) is 1.33. The number of hydrogen-bond acceptors (Lipinski definition) is 7. The fraction of sp³-hybridized carbons (Fsp3) is 0.800. The zero-order chi connectivity index (χ0) is 18.9. The number of hydrogen-bond donors (Lipinski definition) is 3. The van der Waals surface area contributed by atoms with E-state index in [0.717, 1.165) is 13.3 Å². The molecule has 0 saturated carbocycles. The number of nitrogens with zero attached hydrogens (tertiary/aromatic N) is 3. The molecule has 2 unspecified atom stereocenters. The number of nitrogens with one attached hydrogen (secondary N) is 1. The Morgan fingerprint density at radius 2 is 1.30 bits per heavy atom. The van der Waals surface area contributed by atoms with Crippen LogP contribution in [0.2, 0.25) is 0 Å². The first-order valence-electron chi connectivity index (χ1n) is 5.13. The molecule has 0 aliphatic heterocycles. The van der Waals surface area contributed by atoms with Gasteiger partial charge in [-0.2, -0.15) is 5.21 Å². The van der Waals surface area contributed by atoms with Crippen molar-refractivity contribution in [1.29, 1.82) is 0 Å². The van der Waals surface area contributed by atoms with Crippen molar-refractivity contribution in [2.24, 2.45) is 0 Å². The van der Waals surface area contributed by atoms with E-state index in [1.165, 1.54) is 6.33 Å². The Bertz CT molecular complexity index is 520. The van der Waals surface area contributed by atoms with Gasteiger partial charge in [-0.15, -0.1) is 10.2 Å². The predicted molar refractivity (Wildman–Crippen MR) is 94.0 cm³/mol. The molecule has 1 rings (SSSR count). The Hall–Kier alpha value is 1.07. The largest absolute Gasteiger partial charge is 0.344 e. The summed E-state index contributed by atoms with van der Waals surface area (Å²) in [6.45, 7) is 2.14. The van der Waals surface area contributed by atoms with Gasteiger partial charge in [0.1, 0.15) is 11.8 Å². The molecule has 0 spiro atoms. The molecule has 0 aliphatic carbocycles. The van der Waals surface area contributed by atoms with Crippen molar-refractivity contribution in [3.05, 3.63) is 6.33 Å². The van der Waals surface area contributed by atoms with Crippen LogP contribution in [0.15, 0.2) is 6.33 Å². The van der Waals surface area contributed by atoms with E-state index < -0.39 is 38.2 Å². The Morgan fingerprint density at radius 3 is 1.35 bits per heavy atom. The van der Waals surface area contributed by atoms with Crippen LogP contribution in [-0.4, -0.2) is 55.5 Å². The molecule has 0 radical (unpaired) electrons. The lowest BCUT2D eigenvalue weighted by Gasteiger charge is -2.06. The minimum atomic E-state index is -3.37. The molecule has 2 atom stereocenters. The normalized spacial score (nSPS) is 16.7. The third-order valence-corrected chi connectivity index (χ3v) is 11.8. The summed E-state index contributed by atoms with van der Waals surface area (Å²) in [5, 5.41) is 12.2. The molecule has 0 aliphatic rings. The van der Waals surface area contributed by atoms with Gasteiger partial charge in [-0.3, -0.25) is 18.3 Å². The van der Waals surface area contributed by atoms with E-state index in [0.29, 0.717) is 0 Å². The molecule has 0 bridgehead atoms. The lowest BCUT2D eigenvalue weighted by molar-refractivity contribution is 0.473. The third kappa shape index (κ3) is 31.4. The predicted octanol–water partition coefficient (Wildman–Crippen LogP) is 4.23. The number of aromatic nitrogens is 4. The number of halogens is 4. The second kappa shape index (κ2) is 10.9. The number of tetrazole rings is 1. The summed E-state index contributed by atoms with van der Waals surface area (Å²) in [5.41, 5.74) is 0. The highest BCUT2D eigenvalue weighted by molar-refractivity contribution is 8.21. The van der Waals surface area contributed by atoms with Gasteiger partial charge in [-0.25, -0.2) is 0 Å². The van der Waals surface area contributed by atoms with Gasteiger partial charge in [0.05, 0.1) is 0 Å². The van der Waals surface area contributed by atoms with Crippen molar-refractivity contribution in [2.75, 3.05) is 25.1 Å². The van der Waals surface area contributed by atoms with Gasteiger partial charge < -0.3 is 9.79 Å². The number of rotatable bonds is 4. The quantitative estimate of drug-likeness (QED) is 0.522. The monoisotopic (exact) mass is 490 g/mol. The van der Waals surface area contributed by atoms with Gasteiger partial charge in [-0.05, 0) is 45.0 Å². The highest BCUT2D eigenvalue weighted by Crippen LogP contribution is 2.72. The number of aromatic amines is 1. The fourth-order valence-corrected chi connectivity index (χ4v) is 13.6. The van der Waals surface area contributed by atoms with E-state index >= 15 is 0 Å². The van der Waals surface area contributed by atoms with E-state index in [9.17, 15) is 18.3 Å². The van der Waals surface area contributed by atoms with Crippen LogP contribution in [-0.2, 0) is 18.3 Å². The lowest BCUT2D eigenvalue weighted by Crippen LogP contribution is -1.86. The molecular formula is C5H14Cl4N4O6P4. The van der Waals surface area contributed by atoms with Gasteiger partial charge in [0.15, 0.2) is 6.33 Å². The standard InChI is InChI=1S/C3H10O4P2.CH2Cl4O2P2.CH2N4/c1-8(4,5)3-9(2,6)7;2-8(3,6)1-9(4,5)7;1-2-4-5-3-1/h3H2,1-2H3,(H,4,5)(H,6,7);1H2;1H,(H,2,3,4,5). The topological polar surface area (TPSA) is 163 Å². The zero-order valence-corrected chi connectivity index (χ0v) is 18.3. The first-order chi connectivity index (χ1) is 9.91. The molecule has 23 heavy (non-hydrogen) atoms. The van der Waals surface area contributed by atoms with Crippen molar-refractivity contribution >= 4 is 71.4 Å². The van der Waals surface area contributed by atoms with Crippen LogP contribution in [0.3, 0.4) is 0 Å². The summed E-state index contributed by atoms with van der Waals surface area (Å²) in [6, 6.07) is 0. The maximum absolute atomic E-state index is 10.5. The lowest BCUT2D eigenvalue weighted by atomic mass is 11.4. The van der Waals surface area contributed by atoms with Crippen molar-refractivity contribution < 1.29 is 28.0 Å². The summed E-state index contributed by atoms with van der Waals surface area (Å²) in [5.74, 6) is -7.76. The number of H-pyrrole nitrogens is 1. The maximum atomic E-state index is 10.5. The molecular weight excluding hydrogens is 478 g/mol. The first kappa shape index (κ1) is 26.3. The minimum absolute atomic E-state index is 0.486. The van der Waals surface area contributed by atoms with Crippen LogP contribution in [0.5, 0.6) is 0 Å². The van der Waals surface area contributed by atoms with Crippen molar-refractivity contribution in [2.45, 2.75) is 0 Å². The van der Waals surface area contributed by atoms with Crippen LogP contribution in [0.1, 0.15) is 0 Å². The highest BCUT2D eigenvalue weighted by atomic mass is 35.9. The van der Waals surface area contributed by atoms with Crippen molar-refractivity contribution in [1.82, 2.24) is 20.6 Å². The SMILES string of the molecule is CP(=O)(O)CP(C)(=O)O.O=P(Cl)(Cl)CP(=O)(Cl)Cl.c1nn[nH]n1. The van der Waals surface area contributed by atoms with Crippen LogP contribution >= 0.6 is 71.4 Å². The van der Waals surface area contributed by atoms with Crippen LogP contribution in [0.25, 0.3) is 0 Å². The molecule has 0 aromatic carbocycles. The fourth-order valence-electron chi connectivity index (χ4n) is 0.808. The van der Waals surface area contributed by atoms with Crippen LogP contribution < -0.4 is 0 Å². The van der Waals surface area contributed by atoms with E-state index in [4.69, 9.17) is 54.8 Å². The molecule has 138 valence electrons. The summed E-state index contributed by atoms with van der Waals surface area (Å²) in [4.78, 5) is 17.2. The molecule has 0 amide bonds. The molecule has 18 heteroatoms. The summed E-state index contributed by atoms with van der Waals surface area (Å²) < 4.78 is 41.7. The average molecular weight is 492 g/mol. The van der Waals surface area contributed by atoms with Crippen LogP contribution in [0.4, 0.5) is 0 Å². The van der Waals surface area contributed by atoms with Gasteiger partial charge >= 0.3 is 0 Å². The van der Waals surface area contributed by atoms with E-state index in [-0.39, 0.29) is 0 Å². The summed E-state index contributed by atoms with van der Waals surface area (Å²) >= 11 is 20.0. The molecule has 10 nitrogen and oxygen atoms in total. The Labute approximate surface area is 151 Å². The first-order valence-corrected chi connectivity index (χ1v) is 17.1. The smallest absolute Gasteiger partial charge is 0.262 e. The van der Waals surface area contributed by atoms with Gasteiger partial charge in [0.25, 0.3) is 11.7 Å². The van der Waals surface area contributed by atoms with E-state index in [1.807, 2.05) is 0 Å². The van der Waals surface area contributed by atoms with Crippen molar-refractivity contribution in [3.63, 3.8) is 0 Å². The second-order valence-electron chi connectivity index (χ2n) is 4.08. The van der Waals surface area contributed by atoms with Gasteiger partial charge in [0.2, 0.25) is 14.7 Å². The highest BCUT2D eigenvalue weighted by Gasteiger charge is 2.26. The molecule has 0 fully saturated rings. The van der Waals surface area contributed by atoms with Crippen LogP contribution in [0, 0.1) is 0 Å². The maximum Gasteiger partial charge on any atom is 0.262 e. The molecule has 1 heterocycles. The van der Waals surface area contributed by atoms with Gasteiger partial charge in [0, 0.05) is 13.3 Å². The van der Waals surface area contributed by atoms with Crippen molar-refractivity contribution in [3.8, 4) is 0 Å². The minimum Gasteiger partial charge on any atom is -0.344 e. The molecule has 1 aromatic rings. The average Bonchev–Trinajstić information content (AvgIpc) is 2.60. The zero-order valence-electron chi connectivity index (χ0n) is 11.7. The van der Waals surface area contributed by atoms with Gasteiger partial charge in [-0.1, -0.05) is 5.21 Å². The Morgan fingerprint density at radius 1 is 0.913 bits per heavy atom. The summed E-state index contributed by atoms with van der Waals surface area (Å²) in [7, 11) is -6.60. The molecule has 1 aromatic heterocycles. The second-order valence-corrected chi connectivity index (χ2v) is 20.4. The Kier molecular flexibility index (Phi) is 12.5. The van der Waals surface area contributed by atoms with E-state index in [2.05, 4.69) is 20.6 Å². The molecule has 3 N–H and O–H groups in total.